The maximum absolute atomic E-state index is 12.4. The quantitative estimate of drug-likeness (QED) is 0.790. The Morgan fingerprint density at radius 3 is 2.65 bits per heavy atom. The van der Waals surface area contributed by atoms with Crippen LogP contribution >= 0.6 is 0 Å². The van der Waals surface area contributed by atoms with Crippen molar-refractivity contribution >= 4 is 5.78 Å². The SMILES string of the molecule is COc1ccc(C(=O)c2ccccn2)c(OC(F)F)c1. The number of pyridine rings is 1. The van der Waals surface area contributed by atoms with Gasteiger partial charge < -0.3 is 9.47 Å². The molecule has 0 saturated heterocycles. The lowest BCUT2D eigenvalue weighted by Gasteiger charge is -2.11. The van der Waals surface area contributed by atoms with Gasteiger partial charge >= 0.3 is 6.61 Å². The van der Waals surface area contributed by atoms with E-state index in [4.69, 9.17) is 4.74 Å². The predicted molar refractivity (Wildman–Crippen MR) is 67.3 cm³/mol. The van der Waals surface area contributed by atoms with E-state index in [2.05, 4.69) is 9.72 Å². The number of hydrogen-bond acceptors (Lipinski definition) is 4. The van der Waals surface area contributed by atoms with E-state index in [9.17, 15) is 13.6 Å². The number of rotatable bonds is 5. The molecular formula is C14H11F2NO3. The van der Waals surface area contributed by atoms with Crippen LogP contribution in [0.2, 0.25) is 0 Å². The van der Waals surface area contributed by atoms with Crippen LogP contribution in [0, 0.1) is 0 Å². The first-order chi connectivity index (χ1) is 9.61. The van der Waals surface area contributed by atoms with Crippen LogP contribution in [-0.2, 0) is 0 Å². The number of carbonyl (C=O) groups excluding carboxylic acids is 1. The second-order valence-electron chi connectivity index (χ2n) is 3.78. The molecule has 0 atom stereocenters. The summed E-state index contributed by atoms with van der Waals surface area (Å²) in [5.41, 5.74) is 0.154. The highest BCUT2D eigenvalue weighted by molar-refractivity contribution is 6.09. The molecule has 0 aliphatic carbocycles. The molecule has 104 valence electrons. The van der Waals surface area contributed by atoms with Crippen molar-refractivity contribution in [3.05, 3.63) is 53.9 Å². The molecule has 1 heterocycles. The van der Waals surface area contributed by atoms with E-state index in [1.165, 1.54) is 37.6 Å². The number of benzene rings is 1. The summed E-state index contributed by atoms with van der Waals surface area (Å²) in [4.78, 5) is 16.1. The van der Waals surface area contributed by atoms with Crippen LogP contribution in [0.15, 0.2) is 42.6 Å². The fourth-order valence-corrected chi connectivity index (χ4v) is 1.65. The molecule has 0 saturated carbocycles. The number of nitrogens with zero attached hydrogens (tertiary/aromatic N) is 1. The van der Waals surface area contributed by atoms with E-state index in [-0.39, 0.29) is 17.0 Å². The number of alkyl halides is 2. The van der Waals surface area contributed by atoms with Gasteiger partial charge in [0.05, 0.1) is 12.7 Å². The minimum atomic E-state index is -3.03. The molecule has 0 fully saturated rings. The summed E-state index contributed by atoms with van der Waals surface area (Å²) in [5.74, 6) is -0.419. The minimum absolute atomic E-state index is 0.00444. The molecule has 1 aromatic carbocycles. The first kappa shape index (κ1) is 13.9. The number of ketones is 1. The molecule has 2 rings (SSSR count). The molecule has 20 heavy (non-hydrogen) atoms. The molecule has 0 N–H and O–H groups in total. The van der Waals surface area contributed by atoms with Crippen LogP contribution in [0.3, 0.4) is 0 Å². The Hall–Kier alpha value is -2.50. The van der Waals surface area contributed by atoms with Crippen LogP contribution in [0.4, 0.5) is 8.78 Å². The van der Waals surface area contributed by atoms with Crippen LogP contribution in [0.5, 0.6) is 11.5 Å². The highest BCUT2D eigenvalue weighted by Gasteiger charge is 2.19. The third kappa shape index (κ3) is 3.09. The van der Waals surface area contributed by atoms with Gasteiger partial charge in [-0.25, -0.2) is 0 Å². The fraction of sp³-hybridized carbons (Fsp3) is 0.143. The highest BCUT2D eigenvalue weighted by Crippen LogP contribution is 2.28. The summed E-state index contributed by atoms with van der Waals surface area (Å²) in [6, 6.07) is 8.89. The number of aromatic nitrogens is 1. The highest BCUT2D eigenvalue weighted by atomic mass is 19.3. The van der Waals surface area contributed by atoms with Gasteiger partial charge in [-0.3, -0.25) is 9.78 Å². The molecule has 4 nitrogen and oxygen atoms in total. The molecular weight excluding hydrogens is 268 g/mol. The first-order valence-electron chi connectivity index (χ1n) is 5.70. The van der Waals surface area contributed by atoms with E-state index >= 15 is 0 Å². The lowest BCUT2D eigenvalue weighted by Crippen LogP contribution is -2.10. The molecule has 0 aliphatic heterocycles. The average molecular weight is 279 g/mol. The third-order valence-electron chi connectivity index (χ3n) is 2.55. The molecule has 0 unspecified atom stereocenters. The van der Waals surface area contributed by atoms with Crippen molar-refractivity contribution in [3.63, 3.8) is 0 Å². The zero-order valence-electron chi connectivity index (χ0n) is 10.5. The van der Waals surface area contributed by atoms with Crippen molar-refractivity contribution in [1.29, 1.82) is 0 Å². The Labute approximate surface area is 114 Å². The first-order valence-corrected chi connectivity index (χ1v) is 5.70. The molecule has 0 aliphatic rings. The standard InChI is InChI=1S/C14H11F2NO3/c1-19-9-5-6-10(12(8-9)20-14(15)16)13(18)11-4-2-3-7-17-11/h2-8,14H,1H3. The Bertz CT molecular complexity index is 603. The van der Waals surface area contributed by atoms with Crippen molar-refractivity contribution in [2.75, 3.05) is 7.11 Å². The van der Waals surface area contributed by atoms with Gasteiger partial charge in [-0.1, -0.05) is 6.07 Å². The van der Waals surface area contributed by atoms with Gasteiger partial charge in [0.2, 0.25) is 5.78 Å². The van der Waals surface area contributed by atoms with Crippen LogP contribution in [0.25, 0.3) is 0 Å². The molecule has 1 aromatic heterocycles. The largest absolute Gasteiger partial charge is 0.497 e. The summed E-state index contributed by atoms with van der Waals surface area (Å²) in [6.07, 6.45) is 1.45. The molecule has 0 bridgehead atoms. The number of halogens is 2. The van der Waals surface area contributed by atoms with E-state index in [1.54, 1.807) is 12.1 Å². The molecule has 0 spiro atoms. The molecule has 0 amide bonds. The van der Waals surface area contributed by atoms with Crippen molar-refractivity contribution in [2.24, 2.45) is 0 Å². The van der Waals surface area contributed by atoms with Crippen molar-refractivity contribution in [2.45, 2.75) is 6.61 Å². The van der Waals surface area contributed by atoms with Crippen molar-refractivity contribution < 1.29 is 23.0 Å². The molecule has 0 radical (unpaired) electrons. The van der Waals surface area contributed by atoms with Gasteiger partial charge in [0, 0.05) is 12.3 Å². The van der Waals surface area contributed by atoms with Gasteiger partial charge in [-0.15, -0.1) is 0 Å². The number of methoxy groups -OCH3 is 1. The van der Waals surface area contributed by atoms with Crippen LogP contribution in [-0.4, -0.2) is 24.5 Å². The third-order valence-corrected chi connectivity index (χ3v) is 2.55. The minimum Gasteiger partial charge on any atom is -0.497 e. The predicted octanol–water partition coefficient (Wildman–Crippen LogP) is 2.92. The Morgan fingerprint density at radius 2 is 2.05 bits per heavy atom. The average Bonchev–Trinajstić information content (AvgIpc) is 2.46. The van der Waals surface area contributed by atoms with Gasteiger partial charge in [-0.2, -0.15) is 8.78 Å². The lowest BCUT2D eigenvalue weighted by atomic mass is 10.1. The Morgan fingerprint density at radius 1 is 1.25 bits per heavy atom. The Kier molecular flexibility index (Phi) is 4.24. The van der Waals surface area contributed by atoms with Gasteiger partial charge in [0.1, 0.15) is 17.2 Å². The van der Waals surface area contributed by atoms with Gasteiger partial charge in [0.15, 0.2) is 0 Å². The molecule has 2 aromatic rings. The van der Waals surface area contributed by atoms with Crippen molar-refractivity contribution in [1.82, 2.24) is 4.98 Å². The summed E-state index contributed by atoms with van der Waals surface area (Å²) < 4.78 is 34.1. The summed E-state index contributed by atoms with van der Waals surface area (Å²) in [6.45, 7) is -3.03. The molecule has 6 heteroatoms. The lowest BCUT2D eigenvalue weighted by molar-refractivity contribution is -0.0502. The zero-order chi connectivity index (χ0) is 14.5. The van der Waals surface area contributed by atoms with E-state index < -0.39 is 12.4 Å². The van der Waals surface area contributed by atoms with Gasteiger partial charge in [-0.05, 0) is 24.3 Å². The topological polar surface area (TPSA) is 48.4 Å². The van der Waals surface area contributed by atoms with Crippen molar-refractivity contribution in [3.8, 4) is 11.5 Å². The van der Waals surface area contributed by atoms with E-state index in [0.29, 0.717) is 5.75 Å². The normalized spacial score (nSPS) is 10.4. The summed E-state index contributed by atoms with van der Waals surface area (Å²) in [5, 5.41) is 0. The smallest absolute Gasteiger partial charge is 0.387 e. The second kappa shape index (κ2) is 6.10. The summed E-state index contributed by atoms with van der Waals surface area (Å²) in [7, 11) is 1.39. The van der Waals surface area contributed by atoms with E-state index in [1.807, 2.05) is 0 Å². The maximum Gasteiger partial charge on any atom is 0.387 e. The summed E-state index contributed by atoms with van der Waals surface area (Å²) >= 11 is 0. The maximum atomic E-state index is 12.4. The van der Waals surface area contributed by atoms with Crippen LogP contribution in [0.1, 0.15) is 16.1 Å². The fourth-order valence-electron chi connectivity index (χ4n) is 1.65. The number of ether oxygens (including phenoxy) is 2. The van der Waals surface area contributed by atoms with Crippen LogP contribution < -0.4 is 9.47 Å². The zero-order valence-corrected chi connectivity index (χ0v) is 10.5. The Balaban J connectivity index is 2.42. The second-order valence-corrected chi connectivity index (χ2v) is 3.78. The van der Waals surface area contributed by atoms with Gasteiger partial charge in [0.25, 0.3) is 0 Å². The number of hydrogen-bond donors (Lipinski definition) is 0. The monoisotopic (exact) mass is 279 g/mol. The van der Waals surface area contributed by atoms with E-state index in [0.717, 1.165) is 0 Å². The number of carbonyl (C=O) groups is 1.